The van der Waals surface area contributed by atoms with Crippen molar-refractivity contribution in [3.05, 3.63) is 59.7 Å². The summed E-state index contributed by atoms with van der Waals surface area (Å²) in [6.07, 6.45) is 1.82. The van der Waals surface area contributed by atoms with Crippen LogP contribution in [0, 0.1) is 0 Å². The van der Waals surface area contributed by atoms with Gasteiger partial charge in [0, 0.05) is 12.1 Å². The highest BCUT2D eigenvalue weighted by Gasteiger charge is 2.31. The summed E-state index contributed by atoms with van der Waals surface area (Å²) < 4.78 is 31.9. The molecule has 1 heterocycles. The average Bonchev–Trinajstić information content (AvgIpc) is 3.17. The lowest BCUT2D eigenvalue weighted by Crippen LogP contribution is -2.31. The van der Waals surface area contributed by atoms with E-state index in [9.17, 15) is 13.2 Å². The number of carbonyl (C=O) groups is 1. The van der Waals surface area contributed by atoms with Crippen LogP contribution in [0.25, 0.3) is 0 Å². The summed E-state index contributed by atoms with van der Waals surface area (Å²) in [5.41, 5.74) is 1.43. The van der Waals surface area contributed by atoms with Gasteiger partial charge >= 0.3 is 0 Å². The summed E-state index contributed by atoms with van der Waals surface area (Å²) in [6.45, 7) is 0.651. The van der Waals surface area contributed by atoms with E-state index in [1.54, 1.807) is 6.07 Å². The Hall–Kier alpha value is -2.38. The first-order valence-electron chi connectivity index (χ1n) is 8.45. The average molecular weight is 374 g/mol. The molecule has 3 rings (SSSR count). The van der Waals surface area contributed by atoms with Gasteiger partial charge < -0.3 is 9.64 Å². The second-order valence-electron chi connectivity index (χ2n) is 6.14. The molecule has 0 spiro atoms. The molecule has 7 heteroatoms. The predicted octanol–water partition coefficient (Wildman–Crippen LogP) is 2.58. The third-order valence-electron chi connectivity index (χ3n) is 4.67. The van der Waals surface area contributed by atoms with Gasteiger partial charge in [-0.25, -0.2) is 13.1 Å². The molecule has 6 nitrogen and oxygen atoms in total. The number of rotatable bonds is 5. The summed E-state index contributed by atoms with van der Waals surface area (Å²) in [7, 11) is -1.00. The van der Waals surface area contributed by atoms with Crippen LogP contribution in [0.3, 0.4) is 0 Å². The molecule has 1 aliphatic heterocycles. The van der Waals surface area contributed by atoms with Gasteiger partial charge in [0.25, 0.3) is 5.91 Å². The Kier molecular flexibility index (Phi) is 5.29. The molecule has 1 fully saturated rings. The zero-order chi connectivity index (χ0) is 18.7. The molecule has 1 saturated heterocycles. The van der Waals surface area contributed by atoms with Crippen molar-refractivity contribution in [1.29, 1.82) is 0 Å². The SMILES string of the molecule is CNS(=O)(=O)c1cc(C(=O)N2CCC[C@H]2c2ccccc2)ccc1OC. The lowest BCUT2D eigenvalue weighted by Gasteiger charge is -2.25. The van der Waals surface area contributed by atoms with E-state index in [1.807, 2.05) is 35.2 Å². The Labute approximate surface area is 153 Å². The topological polar surface area (TPSA) is 75.7 Å². The second-order valence-corrected chi connectivity index (χ2v) is 8.00. The Balaban J connectivity index is 1.96. The van der Waals surface area contributed by atoms with Crippen molar-refractivity contribution in [2.75, 3.05) is 20.7 Å². The normalized spacial score (nSPS) is 17.3. The van der Waals surface area contributed by atoms with E-state index in [2.05, 4.69) is 4.72 Å². The Morgan fingerprint density at radius 1 is 1.19 bits per heavy atom. The first-order chi connectivity index (χ1) is 12.5. The molecular weight excluding hydrogens is 352 g/mol. The highest BCUT2D eigenvalue weighted by molar-refractivity contribution is 7.89. The fourth-order valence-corrected chi connectivity index (χ4v) is 4.25. The molecule has 0 saturated carbocycles. The number of hydrogen-bond acceptors (Lipinski definition) is 4. The number of ether oxygens (including phenoxy) is 1. The van der Waals surface area contributed by atoms with Gasteiger partial charge in [0.2, 0.25) is 10.0 Å². The number of amides is 1. The van der Waals surface area contributed by atoms with E-state index in [0.29, 0.717) is 12.1 Å². The van der Waals surface area contributed by atoms with Crippen LogP contribution >= 0.6 is 0 Å². The van der Waals surface area contributed by atoms with Gasteiger partial charge in [-0.3, -0.25) is 4.79 Å². The molecular formula is C19H22N2O4S. The van der Waals surface area contributed by atoms with Crippen LogP contribution < -0.4 is 9.46 Å². The summed E-state index contributed by atoms with van der Waals surface area (Å²) in [5.74, 6) is 0.0310. The molecule has 1 atom stereocenters. The van der Waals surface area contributed by atoms with Crippen LogP contribution in [0.5, 0.6) is 5.75 Å². The molecule has 0 aromatic heterocycles. The molecule has 1 N–H and O–H groups in total. The van der Waals surface area contributed by atoms with Crippen LogP contribution in [0.15, 0.2) is 53.4 Å². The van der Waals surface area contributed by atoms with Gasteiger partial charge in [-0.05, 0) is 43.7 Å². The fourth-order valence-electron chi connectivity index (χ4n) is 3.33. The van der Waals surface area contributed by atoms with Crippen molar-refractivity contribution in [2.45, 2.75) is 23.8 Å². The number of nitrogens with one attached hydrogen (secondary N) is 1. The van der Waals surface area contributed by atoms with Gasteiger partial charge in [0.15, 0.2) is 0 Å². The molecule has 2 aromatic carbocycles. The van der Waals surface area contributed by atoms with Crippen molar-refractivity contribution < 1.29 is 17.9 Å². The van der Waals surface area contributed by atoms with Gasteiger partial charge in [-0.15, -0.1) is 0 Å². The second kappa shape index (κ2) is 7.47. The number of benzene rings is 2. The smallest absolute Gasteiger partial charge is 0.254 e. The maximum absolute atomic E-state index is 13.1. The highest BCUT2D eigenvalue weighted by atomic mass is 32.2. The van der Waals surface area contributed by atoms with Crippen LogP contribution in [0.4, 0.5) is 0 Å². The number of sulfonamides is 1. The summed E-state index contributed by atoms with van der Waals surface area (Å²) in [5, 5.41) is 0. The molecule has 0 radical (unpaired) electrons. The van der Waals surface area contributed by atoms with Crippen molar-refractivity contribution >= 4 is 15.9 Å². The zero-order valence-corrected chi connectivity index (χ0v) is 15.6. The quantitative estimate of drug-likeness (QED) is 0.873. The van der Waals surface area contributed by atoms with Crippen molar-refractivity contribution in [3.63, 3.8) is 0 Å². The first kappa shape index (κ1) is 18.4. The highest BCUT2D eigenvalue weighted by Crippen LogP contribution is 2.34. The number of carbonyl (C=O) groups excluding carboxylic acids is 1. The molecule has 0 bridgehead atoms. The standard InChI is InChI=1S/C19H22N2O4S/c1-20-26(23,24)18-13-15(10-11-17(18)25-2)19(22)21-12-6-9-16(21)14-7-4-3-5-8-14/h3-5,7-8,10-11,13,16,20H,6,9,12H2,1-2H3/t16-/m0/s1. The maximum Gasteiger partial charge on any atom is 0.254 e. The number of likely N-dealkylation sites (tertiary alicyclic amines) is 1. The Morgan fingerprint density at radius 3 is 2.58 bits per heavy atom. The lowest BCUT2D eigenvalue weighted by molar-refractivity contribution is 0.0735. The first-order valence-corrected chi connectivity index (χ1v) is 9.93. The van der Waals surface area contributed by atoms with E-state index in [0.717, 1.165) is 18.4 Å². The number of methoxy groups -OCH3 is 1. The Morgan fingerprint density at radius 2 is 1.92 bits per heavy atom. The summed E-state index contributed by atoms with van der Waals surface area (Å²) >= 11 is 0. The maximum atomic E-state index is 13.1. The molecule has 0 aliphatic carbocycles. The van der Waals surface area contributed by atoms with Crippen molar-refractivity contribution in [2.24, 2.45) is 0 Å². The summed E-state index contributed by atoms with van der Waals surface area (Å²) in [4.78, 5) is 14.8. The molecule has 0 unspecified atom stereocenters. The summed E-state index contributed by atoms with van der Waals surface area (Å²) in [6, 6.07) is 14.4. The fraction of sp³-hybridized carbons (Fsp3) is 0.316. The van der Waals surface area contributed by atoms with Gasteiger partial charge in [0.1, 0.15) is 10.6 Å². The Bertz CT molecular complexity index is 897. The number of nitrogens with zero attached hydrogens (tertiary/aromatic N) is 1. The lowest BCUT2D eigenvalue weighted by atomic mass is 10.0. The van der Waals surface area contributed by atoms with Gasteiger partial charge in [-0.1, -0.05) is 30.3 Å². The van der Waals surface area contributed by atoms with Crippen molar-refractivity contribution in [1.82, 2.24) is 9.62 Å². The number of hydrogen-bond donors (Lipinski definition) is 1. The van der Waals surface area contributed by atoms with E-state index >= 15 is 0 Å². The van der Waals surface area contributed by atoms with Crippen molar-refractivity contribution in [3.8, 4) is 5.75 Å². The largest absolute Gasteiger partial charge is 0.495 e. The molecule has 138 valence electrons. The van der Waals surface area contributed by atoms with Crippen LogP contribution in [0.1, 0.15) is 34.8 Å². The molecule has 26 heavy (non-hydrogen) atoms. The minimum absolute atomic E-state index is 0.00941. The zero-order valence-electron chi connectivity index (χ0n) is 14.8. The molecule has 1 amide bonds. The van der Waals surface area contributed by atoms with E-state index in [-0.39, 0.29) is 22.6 Å². The van der Waals surface area contributed by atoms with Gasteiger partial charge in [0.05, 0.1) is 13.2 Å². The van der Waals surface area contributed by atoms with Crippen LogP contribution in [-0.4, -0.2) is 39.9 Å². The van der Waals surface area contributed by atoms with Crippen LogP contribution in [-0.2, 0) is 10.0 Å². The minimum Gasteiger partial charge on any atom is -0.495 e. The van der Waals surface area contributed by atoms with Gasteiger partial charge in [-0.2, -0.15) is 0 Å². The minimum atomic E-state index is -3.73. The third kappa shape index (κ3) is 3.45. The third-order valence-corrected chi connectivity index (χ3v) is 6.10. The van der Waals surface area contributed by atoms with E-state index in [1.165, 1.54) is 26.3 Å². The predicted molar refractivity (Wildman–Crippen MR) is 98.7 cm³/mol. The molecule has 1 aliphatic rings. The molecule has 2 aromatic rings. The monoisotopic (exact) mass is 374 g/mol. The van der Waals surface area contributed by atoms with Crippen LogP contribution in [0.2, 0.25) is 0 Å². The van der Waals surface area contributed by atoms with E-state index < -0.39 is 10.0 Å². The van der Waals surface area contributed by atoms with E-state index in [4.69, 9.17) is 4.74 Å².